The van der Waals surface area contributed by atoms with Gasteiger partial charge >= 0.3 is 0 Å². The van der Waals surface area contributed by atoms with Crippen molar-refractivity contribution in [3.63, 3.8) is 0 Å². The minimum atomic E-state index is 0.0853. The molecular weight excluding hydrogens is 202 g/mol. The van der Waals surface area contributed by atoms with Gasteiger partial charge in [-0.15, -0.1) is 0 Å². The van der Waals surface area contributed by atoms with Crippen molar-refractivity contribution in [2.75, 3.05) is 26.2 Å². The van der Waals surface area contributed by atoms with Gasteiger partial charge in [0.2, 0.25) is 5.91 Å². The molecule has 4 nitrogen and oxygen atoms in total. The van der Waals surface area contributed by atoms with Gasteiger partial charge < -0.3 is 16.0 Å². The van der Waals surface area contributed by atoms with Gasteiger partial charge in [-0.05, 0) is 32.4 Å². The number of carbonyl (C=O) groups is 1. The molecule has 1 atom stereocenters. The van der Waals surface area contributed by atoms with Crippen LogP contribution in [0.3, 0.4) is 0 Å². The van der Waals surface area contributed by atoms with Crippen LogP contribution < -0.4 is 16.0 Å². The molecule has 3 N–H and O–H groups in total. The van der Waals surface area contributed by atoms with Crippen molar-refractivity contribution in [1.29, 1.82) is 0 Å². The van der Waals surface area contributed by atoms with E-state index in [1.165, 1.54) is 19.3 Å². The highest BCUT2D eigenvalue weighted by Crippen LogP contribution is 2.03. The molecule has 1 aliphatic rings. The van der Waals surface area contributed by atoms with Gasteiger partial charge in [0, 0.05) is 25.0 Å². The van der Waals surface area contributed by atoms with E-state index in [0.29, 0.717) is 6.04 Å². The molecule has 0 aliphatic carbocycles. The van der Waals surface area contributed by atoms with Gasteiger partial charge in [-0.25, -0.2) is 0 Å². The molecule has 0 aromatic carbocycles. The van der Waals surface area contributed by atoms with E-state index in [0.717, 1.165) is 26.2 Å². The molecule has 1 amide bonds. The first-order chi connectivity index (χ1) is 7.70. The molecule has 0 aromatic rings. The third-order valence-corrected chi connectivity index (χ3v) is 2.96. The Bertz CT molecular complexity index is 198. The van der Waals surface area contributed by atoms with Gasteiger partial charge in [-0.1, -0.05) is 13.8 Å². The van der Waals surface area contributed by atoms with Gasteiger partial charge in [0.1, 0.15) is 0 Å². The second-order valence-electron chi connectivity index (χ2n) is 4.78. The zero-order valence-electron chi connectivity index (χ0n) is 10.5. The van der Waals surface area contributed by atoms with E-state index >= 15 is 0 Å². The Hall–Kier alpha value is -0.610. The number of nitrogens with one attached hydrogen (secondary N) is 3. The Balaban J connectivity index is 2.03. The number of hydrogen-bond acceptors (Lipinski definition) is 3. The fraction of sp³-hybridized carbons (Fsp3) is 0.917. The first-order valence-corrected chi connectivity index (χ1v) is 6.42. The molecular formula is C12H25N3O. The van der Waals surface area contributed by atoms with E-state index < -0.39 is 0 Å². The maximum Gasteiger partial charge on any atom is 0.222 e. The fourth-order valence-electron chi connectivity index (χ4n) is 1.89. The lowest BCUT2D eigenvalue weighted by Gasteiger charge is -2.16. The zero-order valence-corrected chi connectivity index (χ0v) is 10.5. The lowest BCUT2D eigenvalue weighted by molar-refractivity contribution is -0.123. The third kappa shape index (κ3) is 5.47. The second kappa shape index (κ2) is 7.63. The minimum absolute atomic E-state index is 0.0853. The highest BCUT2D eigenvalue weighted by atomic mass is 16.1. The SMILES string of the molecule is CC(C)C(=O)NCCNC1CCCNCC1. The van der Waals surface area contributed by atoms with Gasteiger partial charge in [0.05, 0.1) is 0 Å². The first kappa shape index (κ1) is 13.5. The van der Waals surface area contributed by atoms with Crippen LogP contribution in [-0.4, -0.2) is 38.1 Å². The van der Waals surface area contributed by atoms with Crippen LogP contribution in [-0.2, 0) is 4.79 Å². The number of amides is 1. The molecule has 94 valence electrons. The molecule has 16 heavy (non-hydrogen) atoms. The van der Waals surface area contributed by atoms with Crippen molar-refractivity contribution in [2.24, 2.45) is 5.92 Å². The van der Waals surface area contributed by atoms with E-state index in [9.17, 15) is 4.79 Å². The van der Waals surface area contributed by atoms with Crippen LogP contribution in [0.15, 0.2) is 0 Å². The van der Waals surface area contributed by atoms with E-state index in [4.69, 9.17) is 0 Å². The largest absolute Gasteiger partial charge is 0.355 e. The summed E-state index contributed by atoms with van der Waals surface area (Å²) in [5.74, 6) is 0.228. The predicted octanol–water partition coefficient (Wildman–Crippen LogP) is 0.490. The minimum Gasteiger partial charge on any atom is -0.355 e. The van der Waals surface area contributed by atoms with Gasteiger partial charge in [0.25, 0.3) is 0 Å². The van der Waals surface area contributed by atoms with Crippen molar-refractivity contribution in [2.45, 2.75) is 39.2 Å². The maximum absolute atomic E-state index is 11.3. The van der Waals surface area contributed by atoms with Gasteiger partial charge in [0.15, 0.2) is 0 Å². The highest BCUT2D eigenvalue weighted by molar-refractivity contribution is 5.77. The summed E-state index contributed by atoms with van der Waals surface area (Å²) < 4.78 is 0. The van der Waals surface area contributed by atoms with Crippen LogP contribution in [0.25, 0.3) is 0 Å². The fourth-order valence-corrected chi connectivity index (χ4v) is 1.89. The van der Waals surface area contributed by atoms with E-state index in [2.05, 4.69) is 16.0 Å². The van der Waals surface area contributed by atoms with Crippen LogP contribution in [0.5, 0.6) is 0 Å². The Morgan fingerprint density at radius 3 is 2.88 bits per heavy atom. The van der Waals surface area contributed by atoms with Crippen LogP contribution in [0.4, 0.5) is 0 Å². The first-order valence-electron chi connectivity index (χ1n) is 6.42. The Labute approximate surface area is 98.6 Å². The smallest absolute Gasteiger partial charge is 0.222 e. The third-order valence-electron chi connectivity index (χ3n) is 2.96. The van der Waals surface area contributed by atoms with Crippen molar-refractivity contribution < 1.29 is 4.79 Å². The Morgan fingerprint density at radius 2 is 2.12 bits per heavy atom. The summed E-state index contributed by atoms with van der Waals surface area (Å²) in [4.78, 5) is 11.3. The second-order valence-corrected chi connectivity index (χ2v) is 4.78. The Morgan fingerprint density at radius 1 is 1.31 bits per heavy atom. The molecule has 1 saturated heterocycles. The maximum atomic E-state index is 11.3. The van der Waals surface area contributed by atoms with Crippen molar-refractivity contribution in [1.82, 2.24) is 16.0 Å². The normalized spacial score (nSPS) is 21.8. The predicted molar refractivity (Wildman–Crippen MR) is 66.4 cm³/mol. The van der Waals surface area contributed by atoms with Crippen LogP contribution >= 0.6 is 0 Å². The number of hydrogen-bond donors (Lipinski definition) is 3. The van der Waals surface area contributed by atoms with Gasteiger partial charge in [-0.3, -0.25) is 4.79 Å². The molecule has 0 aromatic heterocycles. The molecule has 0 saturated carbocycles. The molecule has 1 fully saturated rings. The van der Waals surface area contributed by atoms with Crippen molar-refractivity contribution >= 4 is 5.91 Å². The highest BCUT2D eigenvalue weighted by Gasteiger charge is 2.11. The molecule has 1 rings (SSSR count). The summed E-state index contributed by atoms with van der Waals surface area (Å²) >= 11 is 0. The average molecular weight is 227 g/mol. The zero-order chi connectivity index (χ0) is 11.8. The van der Waals surface area contributed by atoms with Crippen LogP contribution in [0.1, 0.15) is 33.1 Å². The molecule has 1 heterocycles. The molecule has 4 heteroatoms. The van der Waals surface area contributed by atoms with Crippen LogP contribution in [0, 0.1) is 5.92 Å². The van der Waals surface area contributed by atoms with Crippen LogP contribution in [0.2, 0.25) is 0 Å². The summed E-state index contributed by atoms with van der Waals surface area (Å²) in [6, 6.07) is 0.617. The summed E-state index contributed by atoms with van der Waals surface area (Å²) in [7, 11) is 0. The lowest BCUT2D eigenvalue weighted by atomic mass is 10.1. The monoisotopic (exact) mass is 227 g/mol. The van der Waals surface area contributed by atoms with E-state index in [1.807, 2.05) is 13.8 Å². The summed E-state index contributed by atoms with van der Waals surface area (Å²) in [6.07, 6.45) is 3.68. The summed E-state index contributed by atoms with van der Waals surface area (Å²) in [5.41, 5.74) is 0. The standard InChI is InChI=1S/C12H25N3O/c1-10(2)12(16)15-9-8-14-11-4-3-6-13-7-5-11/h10-11,13-14H,3-9H2,1-2H3,(H,15,16). The van der Waals surface area contributed by atoms with Crippen molar-refractivity contribution in [3.05, 3.63) is 0 Å². The molecule has 0 spiro atoms. The molecule has 0 radical (unpaired) electrons. The number of carbonyl (C=O) groups excluding carboxylic acids is 1. The number of rotatable bonds is 5. The topological polar surface area (TPSA) is 53.2 Å². The molecule has 1 aliphatic heterocycles. The van der Waals surface area contributed by atoms with Gasteiger partial charge in [-0.2, -0.15) is 0 Å². The van der Waals surface area contributed by atoms with E-state index in [-0.39, 0.29) is 11.8 Å². The lowest BCUT2D eigenvalue weighted by Crippen LogP contribution is -2.38. The van der Waals surface area contributed by atoms with Crippen molar-refractivity contribution in [3.8, 4) is 0 Å². The Kier molecular flexibility index (Phi) is 6.42. The molecule has 1 unspecified atom stereocenters. The van der Waals surface area contributed by atoms with E-state index in [1.54, 1.807) is 0 Å². The summed E-state index contributed by atoms with van der Waals surface area (Å²) in [6.45, 7) is 7.70. The quantitative estimate of drug-likeness (QED) is 0.599. The summed E-state index contributed by atoms with van der Waals surface area (Å²) in [5, 5.41) is 9.81. The average Bonchev–Trinajstić information content (AvgIpc) is 2.52. The molecule has 0 bridgehead atoms.